The predicted molar refractivity (Wildman–Crippen MR) is 85.7 cm³/mol. The Morgan fingerprint density at radius 3 is 2.42 bits per heavy atom. The number of rotatable bonds is 9. The summed E-state index contributed by atoms with van der Waals surface area (Å²) in [7, 11) is 1.26. The smallest absolute Gasteiger partial charge is 0.305 e. The molecule has 0 spiro atoms. The lowest BCUT2D eigenvalue weighted by molar-refractivity contribution is -0.146. The van der Waals surface area contributed by atoms with Crippen molar-refractivity contribution < 1.29 is 29.3 Å². The number of aliphatic hydroxyl groups excluding tert-OH is 2. The molecule has 1 rings (SSSR count). The van der Waals surface area contributed by atoms with Crippen LogP contribution in [0.1, 0.15) is 19.3 Å². The number of carbonyl (C=O) groups is 3. The second kappa shape index (κ2) is 10.6. The van der Waals surface area contributed by atoms with Gasteiger partial charge in [-0.1, -0.05) is 24.3 Å². The van der Waals surface area contributed by atoms with Crippen molar-refractivity contribution in [3.63, 3.8) is 0 Å². The van der Waals surface area contributed by atoms with Crippen molar-refractivity contribution in [1.82, 2.24) is 10.6 Å². The van der Waals surface area contributed by atoms with Crippen molar-refractivity contribution in [2.24, 2.45) is 5.92 Å². The van der Waals surface area contributed by atoms with Crippen LogP contribution in [-0.4, -0.2) is 60.4 Å². The molecule has 0 bridgehead atoms. The number of allylic oxidation sites excluding steroid dienone is 3. The van der Waals surface area contributed by atoms with Crippen molar-refractivity contribution in [3.8, 4) is 0 Å². The van der Waals surface area contributed by atoms with Crippen molar-refractivity contribution in [1.29, 1.82) is 0 Å². The van der Waals surface area contributed by atoms with Gasteiger partial charge in [0.05, 0.1) is 7.11 Å². The van der Waals surface area contributed by atoms with Gasteiger partial charge in [0.15, 0.2) is 12.2 Å². The van der Waals surface area contributed by atoms with Gasteiger partial charge in [-0.15, -0.1) is 0 Å². The lowest BCUT2D eigenvalue weighted by Gasteiger charge is -2.19. The molecule has 0 heterocycles. The lowest BCUT2D eigenvalue weighted by Crippen LogP contribution is -2.50. The summed E-state index contributed by atoms with van der Waals surface area (Å²) in [4.78, 5) is 34.4. The van der Waals surface area contributed by atoms with E-state index in [1.165, 1.54) is 7.11 Å². The molecule has 4 N–H and O–H groups in total. The second-order valence-corrected chi connectivity index (χ2v) is 5.41. The monoisotopic (exact) mass is 340 g/mol. The fourth-order valence-corrected chi connectivity index (χ4v) is 2.06. The van der Waals surface area contributed by atoms with Crippen LogP contribution in [0.2, 0.25) is 0 Å². The number of amides is 2. The van der Waals surface area contributed by atoms with E-state index in [-0.39, 0.29) is 18.9 Å². The van der Waals surface area contributed by atoms with Crippen LogP contribution in [0.3, 0.4) is 0 Å². The first-order chi connectivity index (χ1) is 11.5. The Morgan fingerprint density at radius 1 is 1.17 bits per heavy atom. The molecule has 1 aliphatic rings. The number of nitrogens with one attached hydrogen (secondary N) is 2. The average Bonchev–Trinajstić information content (AvgIpc) is 2.62. The van der Waals surface area contributed by atoms with Crippen LogP contribution in [0, 0.1) is 5.92 Å². The molecule has 0 aromatic heterocycles. The van der Waals surface area contributed by atoms with E-state index in [2.05, 4.69) is 15.4 Å². The van der Waals surface area contributed by atoms with Crippen LogP contribution >= 0.6 is 0 Å². The third kappa shape index (κ3) is 6.93. The zero-order chi connectivity index (χ0) is 17.9. The first kappa shape index (κ1) is 19.9. The molecule has 0 aliphatic heterocycles. The van der Waals surface area contributed by atoms with Crippen LogP contribution in [0.15, 0.2) is 24.3 Å². The van der Waals surface area contributed by atoms with Crippen molar-refractivity contribution in [2.75, 3.05) is 20.2 Å². The summed E-state index contributed by atoms with van der Waals surface area (Å²) < 4.78 is 4.45. The SMILES string of the molecule is COC(=O)CCCNC(=O)[C@H](O)[C@@H](O)C(=O)NCC1C=CC=CC1. The van der Waals surface area contributed by atoms with Crippen LogP contribution < -0.4 is 10.6 Å². The molecular weight excluding hydrogens is 316 g/mol. The molecule has 2 amide bonds. The van der Waals surface area contributed by atoms with Gasteiger partial charge in [0.1, 0.15) is 0 Å². The predicted octanol–water partition coefficient (Wildman–Crippen LogP) is -0.974. The Bertz CT molecular complexity index is 503. The molecule has 1 aliphatic carbocycles. The second-order valence-electron chi connectivity index (χ2n) is 5.41. The minimum atomic E-state index is -1.87. The standard InChI is InChI=1S/C16H24N2O6/c1-24-12(19)8-5-9-17-15(22)13(20)14(21)16(23)18-10-11-6-3-2-4-7-11/h2-4,6,11,13-14,20-21H,5,7-10H2,1H3,(H,17,22)(H,18,23)/t11?,13-,14-/m1/s1. The van der Waals surface area contributed by atoms with Crippen LogP contribution in [0.25, 0.3) is 0 Å². The van der Waals surface area contributed by atoms with Gasteiger partial charge in [0, 0.05) is 19.5 Å². The minimum Gasteiger partial charge on any atom is -0.469 e. The summed E-state index contributed by atoms with van der Waals surface area (Å²) in [5, 5.41) is 24.3. The summed E-state index contributed by atoms with van der Waals surface area (Å²) in [6.07, 6.45) is 5.17. The molecule has 134 valence electrons. The van der Waals surface area contributed by atoms with Gasteiger partial charge in [0.2, 0.25) is 0 Å². The van der Waals surface area contributed by atoms with E-state index in [9.17, 15) is 24.6 Å². The van der Waals surface area contributed by atoms with Crippen molar-refractivity contribution in [2.45, 2.75) is 31.5 Å². The summed E-state index contributed by atoms with van der Waals surface area (Å²) >= 11 is 0. The Balaban J connectivity index is 2.28. The van der Waals surface area contributed by atoms with Crippen molar-refractivity contribution in [3.05, 3.63) is 24.3 Å². The minimum absolute atomic E-state index is 0.121. The number of hydrogen-bond acceptors (Lipinski definition) is 6. The maximum absolute atomic E-state index is 11.8. The molecular formula is C16H24N2O6. The molecule has 0 fully saturated rings. The van der Waals surface area contributed by atoms with Crippen LogP contribution in [0.5, 0.6) is 0 Å². The highest BCUT2D eigenvalue weighted by atomic mass is 16.5. The molecule has 0 radical (unpaired) electrons. The molecule has 0 aromatic carbocycles. The van der Waals surface area contributed by atoms with E-state index >= 15 is 0 Å². The van der Waals surface area contributed by atoms with E-state index in [0.717, 1.165) is 6.42 Å². The van der Waals surface area contributed by atoms with E-state index in [1.807, 2.05) is 24.3 Å². The summed E-state index contributed by atoms with van der Waals surface area (Å²) in [6.45, 7) is 0.433. The van der Waals surface area contributed by atoms with E-state index < -0.39 is 30.0 Å². The van der Waals surface area contributed by atoms with E-state index in [1.54, 1.807) is 0 Å². The first-order valence-electron chi connectivity index (χ1n) is 7.77. The molecule has 1 unspecified atom stereocenters. The highest BCUT2D eigenvalue weighted by Gasteiger charge is 2.30. The lowest BCUT2D eigenvalue weighted by atomic mass is 10.0. The number of ether oxygens (including phenoxy) is 1. The maximum atomic E-state index is 11.8. The molecule has 0 saturated heterocycles. The normalized spacial score (nSPS) is 18.5. The average molecular weight is 340 g/mol. The summed E-state index contributed by atoms with van der Waals surface area (Å²) in [5.74, 6) is -1.97. The van der Waals surface area contributed by atoms with Crippen LogP contribution in [0.4, 0.5) is 0 Å². The maximum Gasteiger partial charge on any atom is 0.305 e. The highest BCUT2D eigenvalue weighted by molar-refractivity contribution is 5.90. The third-order valence-electron chi connectivity index (χ3n) is 3.53. The zero-order valence-corrected chi connectivity index (χ0v) is 13.6. The Labute approximate surface area is 140 Å². The van der Waals surface area contributed by atoms with E-state index in [4.69, 9.17) is 0 Å². The Morgan fingerprint density at radius 2 is 1.83 bits per heavy atom. The third-order valence-corrected chi connectivity index (χ3v) is 3.53. The molecule has 8 nitrogen and oxygen atoms in total. The number of hydrogen-bond donors (Lipinski definition) is 4. The first-order valence-corrected chi connectivity index (χ1v) is 7.77. The molecule has 3 atom stereocenters. The molecule has 0 saturated carbocycles. The molecule has 8 heteroatoms. The number of aliphatic hydroxyl groups is 2. The van der Waals surface area contributed by atoms with Gasteiger partial charge >= 0.3 is 5.97 Å². The quantitative estimate of drug-likeness (QED) is 0.316. The van der Waals surface area contributed by atoms with Crippen LogP contribution in [-0.2, 0) is 19.1 Å². The number of esters is 1. The van der Waals surface area contributed by atoms with Gasteiger partial charge in [-0.05, 0) is 18.8 Å². The van der Waals surface area contributed by atoms with Gasteiger partial charge < -0.3 is 25.6 Å². The molecule has 0 aromatic rings. The topological polar surface area (TPSA) is 125 Å². The fraction of sp³-hybridized carbons (Fsp3) is 0.562. The zero-order valence-electron chi connectivity index (χ0n) is 13.6. The number of methoxy groups -OCH3 is 1. The highest BCUT2D eigenvalue weighted by Crippen LogP contribution is 2.10. The Hall–Kier alpha value is -2.19. The number of carbonyl (C=O) groups excluding carboxylic acids is 3. The van der Waals surface area contributed by atoms with Gasteiger partial charge in [0.25, 0.3) is 11.8 Å². The Kier molecular flexibility index (Phi) is 8.74. The molecule has 24 heavy (non-hydrogen) atoms. The van der Waals surface area contributed by atoms with Gasteiger partial charge in [-0.2, -0.15) is 0 Å². The van der Waals surface area contributed by atoms with E-state index in [0.29, 0.717) is 13.0 Å². The summed E-state index contributed by atoms with van der Waals surface area (Å²) in [5.41, 5.74) is 0. The van der Waals surface area contributed by atoms with Crippen molar-refractivity contribution >= 4 is 17.8 Å². The van der Waals surface area contributed by atoms with Gasteiger partial charge in [-0.3, -0.25) is 14.4 Å². The largest absolute Gasteiger partial charge is 0.469 e. The fourth-order valence-electron chi connectivity index (χ4n) is 2.06. The van der Waals surface area contributed by atoms with Gasteiger partial charge in [-0.25, -0.2) is 0 Å². The summed E-state index contributed by atoms with van der Waals surface area (Å²) in [6, 6.07) is 0.